The molecule has 0 aliphatic carbocycles. The summed E-state index contributed by atoms with van der Waals surface area (Å²) in [4.78, 5) is 4.98. The quantitative estimate of drug-likeness (QED) is 0.209. The van der Waals surface area contributed by atoms with Gasteiger partial charge in [-0.3, -0.25) is 4.99 Å². The van der Waals surface area contributed by atoms with E-state index < -0.39 is 0 Å². The van der Waals surface area contributed by atoms with Crippen LogP contribution in [0.4, 0.5) is 0 Å². The van der Waals surface area contributed by atoms with Gasteiger partial charge in [0.05, 0.1) is 13.2 Å². The number of aliphatic hydroxyl groups is 1. The zero-order valence-electron chi connectivity index (χ0n) is 19.5. The van der Waals surface area contributed by atoms with Crippen molar-refractivity contribution in [2.24, 2.45) is 10.9 Å². The molecule has 0 amide bonds. The van der Waals surface area contributed by atoms with E-state index in [0.29, 0.717) is 12.5 Å². The summed E-state index contributed by atoms with van der Waals surface area (Å²) in [7, 11) is 0. The fourth-order valence-electron chi connectivity index (χ4n) is 4.12. The number of aliphatic hydroxyl groups excluding tert-OH is 1. The summed E-state index contributed by atoms with van der Waals surface area (Å²) in [5.74, 6) is 2.23. The molecular weight excluding hydrogens is 505 g/mol. The fourth-order valence-corrected chi connectivity index (χ4v) is 4.12. The van der Waals surface area contributed by atoms with Crippen LogP contribution >= 0.6 is 24.0 Å². The number of ether oxygens (including phenoxy) is 2. The maximum atomic E-state index is 9.32. The molecule has 3 N–H and O–H groups in total. The van der Waals surface area contributed by atoms with E-state index in [1.807, 2.05) is 6.92 Å². The number of benzene rings is 1. The molecule has 1 aliphatic heterocycles. The Morgan fingerprint density at radius 2 is 1.84 bits per heavy atom. The van der Waals surface area contributed by atoms with Gasteiger partial charge in [-0.05, 0) is 63.1 Å². The molecule has 0 aromatic heterocycles. The average molecular weight is 548 g/mol. The second-order valence-corrected chi connectivity index (χ2v) is 8.09. The van der Waals surface area contributed by atoms with Gasteiger partial charge in [0, 0.05) is 38.3 Å². The lowest BCUT2D eigenvalue weighted by Crippen LogP contribution is -2.42. The van der Waals surface area contributed by atoms with Gasteiger partial charge >= 0.3 is 0 Å². The Labute approximate surface area is 205 Å². The number of aliphatic imine (C=N–C) groups is 1. The fraction of sp³-hybridized carbons (Fsp3) is 0.708. The molecule has 1 aliphatic rings. The Bertz CT molecular complexity index is 613. The minimum absolute atomic E-state index is 0. The third-order valence-corrected chi connectivity index (χ3v) is 5.90. The van der Waals surface area contributed by atoms with Crippen LogP contribution in [0, 0.1) is 5.92 Å². The summed E-state index contributed by atoms with van der Waals surface area (Å²) in [6.07, 6.45) is 4.99. The maximum Gasteiger partial charge on any atom is 0.191 e. The number of rotatable bonds is 12. The van der Waals surface area contributed by atoms with Crippen LogP contribution in [0.3, 0.4) is 0 Å². The van der Waals surface area contributed by atoms with Gasteiger partial charge in [-0.2, -0.15) is 0 Å². The number of guanidine groups is 1. The lowest BCUT2D eigenvalue weighted by molar-refractivity contribution is 0.0531. The second-order valence-electron chi connectivity index (χ2n) is 8.09. The third-order valence-electron chi connectivity index (χ3n) is 5.90. The minimum atomic E-state index is -0.0146. The monoisotopic (exact) mass is 547 g/mol. The molecule has 6 nitrogen and oxygen atoms in total. The van der Waals surface area contributed by atoms with E-state index in [2.05, 4.69) is 48.7 Å². The first-order chi connectivity index (χ1) is 14.7. The Morgan fingerprint density at radius 3 is 2.42 bits per heavy atom. The van der Waals surface area contributed by atoms with Crippen molar-refractivity contribution in [1.82, 2.24) is 10.6 Å². The van der Waals surface area contributed by atoms with Crippen LogP contribution in [0.5, 0.6) is 5.75 Å². The van der Waals surface area contributed by atoms with E-state index >= 15 is 0 Å². The van der Waals surface area contributed by atoms with Crippen LogP contribution in [0.2, 0.25) is 0 Å². The van der Waals surface area contributed by atoms with E-state index in [1.54, 1.807) is 0 Å². The smallest absolute Gasteiger partial charge is 0.191 e. The van der Waals surface area contributed by atoms with Gasteiger partial charge in [0.2, 0.25) is 0 Å². The zero-order chi connectivity index (χ0) is 21.7. The summed E-state index contributed by atoms with van der Waals surface area (Å²) in [6.45, 7) is 11.1. The summed E-state index contributed by atoms with van der Waals surface area (Å²) < 4.78 is 11.3. The average Bonchev–Trinajstić information content (AvgIpc) is 2.77. The molecule has 1 atom stereocenters. The lowest BCUT2D eigenvalue weighted by Gasteiger charge is -2.36. The van der Waals surface area contributed by atoms with Gasteiger partial charge in [0.15, 0.2) is 5.96 Å². The highest BCUT2D eigenvalue weighted by atomic mass is 127. The molecule has 0 bridgehead atoms. The van der Waals surface area contributed by atoms with Gasteiger partial charge in [-0.25, -0.2) is 0 Å². The Balaban J connectivity index is 0.00000480. The molecular formula is C24H42IN3O3. The van der Waals surface area contributed by atoms with Crippen molar-refractivity contribution in [3.8, 4) is 5.75 Å². The molecule has 0 spiro atoms. The van der Waals surface area contributed by atoms with E-state index in [-0.39, 0.29) is 36.0 Å². The standard InChI is InChI=1S/C24H41N3O3.HI/c1-4-7-20(12-15-28)18-26-23(25-5-2)27-19-24(13-16-29-17-14-24)21-8-10-22(11-9-21)30-6-3;/h8-11,20,28H,4-7,12-19H2,1-3H3,(H2,25,26,27);1H. The first-order valence-electron chi connectivity index (χ1n) is 11.6. The van der Waals surface area contributed by atoms with Gasteiger partial charge < -0.3 is 25.2 Å². The highest BCUT2D eigenvalue weighted by molar-refractivity contribution is 14.0. The van der Waals surface area contributed by atoms with E-state index in [9.17, 15) is 5.11 Å². The maximum absolute atomic E-state index is 9.32. The van der Waals surface area contributed by atoms with Gasteiger partial charge in [0.1, 0.15) is 5.75 Å². The van der Waals surface area contributed by atoms with Crippen LogP contribution in [0.25, 0.3) is 0 Å². The number of hydrogen-bond donors (Lipinski definition) is 3. The summed E-state index contributed by atoms with van der Waals surface area (Å²) in [5.41, 5.74) is 1.29. The third kappa shape index (κ3) is 9.14. The Kier molecular flexibility index (Phi) is 14.2. The van der Waals surface area contributed by atoms with E-state index in [1.165, 1.54) is 5.56 Å². The van der Waals surface area contributed by atoms with Gasteiger partial charge in [0.25, 0.3) is 0 Å². The molecule has 0 saturated carbocycles. The van der Waals surface area contributed by atoms with Crippen molar-refractivity contribution in [3.63, 3.8) is 0 Å². The van der Waals surface area contributed by atoms with Crippen molar-refractivity contribution in [1.29, 1.82) is 0 Å². The molecule has 1 fully saturated rings. The normalized spacial score (nSPS) is 16.8. The summed E-state index contributed by atoms with van der Waals surface area (Å²) >= 11 is 0. The molecule has 1 aromatic carbocycles. The highest BCUT2D eigenvalue weighted by Crippen LogP contribution is 2.36. The lowest BCUT2D eigenvalue weighted by atomic mass is 9.74. The minimum Gasteiger partial charge on any atom is -0.494 e. The number of halogens is 1. The topological polar surface area (TPSA) is 75.1 Å². The number of hydrogen-bond acceptors (Lipinski definition) is 4. The first kappa shape index (κ1) is 28.0. The molecule has 1 unspecified atom stereocenters. The summed E-state index contributed by atoms with van der Waals surface area (Å²) in [5, 5.41) is 16.2. The van der Waals surface area contributed by atoms with Crippen LogP contribution in [-0.2, 0) is 10.2 Å². The van der Waals surface area contributed by atoms with Crippen molar-refractivity contribution < 1.29 is 14.6 Å². The molecule has 2 rings (SSSR count). The Hall–Kier alpha value is -1.06. The van der Waals surface area contributed by atoms with Gasteiger partial charge in [-0.15, -0.1) is 24.0 Å². The van der Waals surface area contributed by atoms with Crippen molar-refractivity contribution >= 4 is 29.9 Å². The Morgan fingerprint density at radius 1 is 1.13 bits per heavy atom. The van der Waals surface area contributed by atoms with Crippen LogP contribution in [0.15, 0.2) is 29.3 Å². The number of nitrogens with zero attached hydrogens (tertiary/aromatic N) is 1. The molecule has 1 saturated heterocycles. The predicted octanol–water partition coefficient (Wildman–Crippen LogP) is 4.11. The first-order valence-corrected chi connectivity index (χ1v) is 11.6. The second kappa shape index (κ2) is 15.7. The van der Waals surface area contributed by atoms with Crippen molar-refractivity contribution in [3.05, 3.63) is 29.8 Å². The van der Waals surface area contributed by atoms with Gasteiger partial charge in [-0.1, -0.05) is 25.5 Å². The van der Waals surface area contributed by atoms with Crippen molar-refractivity contribution in [2.45, 2.75) is 58.3 Å². The highest BCUT2D eigenvalue weighted by Gasteiger charge is 2.34. The predicted molar refractivity (Wildman–Crippen MR) is 139 cm³/mol. The van der Waals surface area contributed by atoms with Crippen molar-refractivity contribution in [2.75, 3.05) is 46.1 Å². The summed E-state index contributed by atoms with van der Waals surface area (Å²) in [6, 6.07) is 8.50. The molecule has 1 heterocycles. The van der Waals surface area contributed by atoms with Crippen LogP contribution in [-0.4, -0.2) is 57.1 Å². The molecule has 0 radical (unpaired) electrons. The van der Waals surface area contributed by atoms with Crippen LogP contribution in [0.1, 0.15) is 58.4 Å². The van der Waals surface area contributed by atoms with Crippen LogP contribution < -0.4 is 15.4 Å². The zero-order valence-corrected chi connectivity index (χ0v) is 21.8. The largest absolute Gasteiger partial charge is 0.494 e. The van der Waals surface area contributed by atoms with E-state index in [0.717, 1.165) is 76.7 Å². The SMILES string of the molecule is CCCC(CCO)CNC(=NCC1(c2ccc(OCC)cc2)CCOCC1)NCC.I. The molecule has 31 heavy (non-hydrogen) atoms. The number of nitrogens with one attached hydrogen (secondary N) is 2. The molecule has 7 heteroatoms. The van der Waals surface area contributed by atoms with E-state index in [4.69, 9.17) is 14.5 Å². The molecule has 178 valence electrons. The molecule has 1 aromatic rings.